The van der Waals surface area contributed by atoms with Gasteiger partial charge in [0.05, 0.1) is 42.5 Å². The summed E-state index contributed by atoms with van der Waals surface area (Å²) in [5.41, 5.74) is 3.07. The van der Waals surface area contributed by atoms with Crippen LogP contribution in [0.4, 0.5) is 4.79 Å². The molecule has 3 aromatic carbocycles. The van der Waals surface area contributed by atoms with Crippen molar-refractivity contribution in [2.45, 2.75) is 62.5 Å². The maximum absolute atomic E-state index is 13.8. The number of carbonyl (C=O) groups excluding carboxylic acids is 1. The topological polar surface area (TPSA) is 156 Å². The van der Waals surface area contributed by atoms with E-state index in [9.17, 15) is 23.4 Å². The van der Waals surface area contributed by atoms with Crippen LogP contribution >= 0.6 is 0 Å². The molecule has 13 heteroatoms. The van der Waals surface area contributed by atoms with Crippen molar-refractivity contribution in [1.82, 2.24) is 24.6 Å². The normalized spacial score (nSPS) is 17.3. The lowest BCUT2D eigenvalue weighted by molar-refractivity contribution is 0.0821. The average molecular weight is 664 g/mol. The van der Waals surface area contributed by atoms with Gasteiger partial charge < -0.3 is 25.0 Å². The van der Waals surface area contributed by atoms with Gasteiger partial charge in [0.2, 0.25) is 10.0 Å². The van der Waals surface area contributed by atoms with Gasteiger partial charge in [-0.2, -0.15) is 4.31 Å². The van der Waals surface area contributed by atoms with Crippen LogP contribution in [0.2, 0.25) is 0 Å². The van der Waals surface area contributed by atoms with Crippen molar-refractivity contribution in [2.24, 2.45) is 5.92 Å². The number of aliphatic hydroxyl groups is 2. The van der Waals surface area contributed by atoms with Crippen LogP contribution in [0, 0.1) is 5.92 Å². The number of hydrogen-bond donors (Lipinski definition) is 3. The number of hydrogen-bond acceptors (Lipinski definition) is 9. The summed E-state index contributed by atoms with van der Waals surface area (Å²) >= 11 is 0. The molecule has 0 aliphatic heterocycles. The Bertz CT molecular complexity index is 1730. The fourth-order valence-electron chi connectivity index (χ4n) is 5.76. The van der Waals surface area contributed by atoms with Crippen molar-refractivity contribution in [1.29, 1.82) is 0 Å². The van der Waals surface area contributed by atoms with E-state index in [4.69, 9.17) is 9.47 Å². The Morgan fingerprint density at radius 1 is 1.04 bits per heavy atom. The molecular formula is C34H41N5O7S. The highest BCUT2D eigenvalue weighted by atomic mass is 32.2. The van der Waals surface area contributed by atoms with Gasteiger partial charge in [0.25, 0.3) is 0 Å². The van der Waals surface area contributed by atoms with Gasteiger partial charge in [-0.25, -0.2) is 17.9 Å². The number of amides is 1. The van der Waals surface area contributed by atoms with E-state index in [1.54, 1.807) is 18.3 Å². The lowest BCUT2D eigenvalue weighted by atomic mass is 10.0. The fourth-order valence-corrected chi connectivity index (χ4v) is 7.39. The van der Waals surface area contributed by atoms with Crippen molar-refractivity contribution < 1.29 is 32.9 Å². The van der Waals surface area contributed by atoms with Gasteiger partial charge in [0.1, 0.15) is 18.1 Å². The summed E-state index contributed by atoms with van der Waals surface area (Å²) in [6.07, 6.45) is -0.294. The molecule has 1 amide bonds. The number of aliphatic hydroxyl groups excluding tert-OH is 2. The van der Waals surface area contributed by atoms with E-state index in [1.807, 2.05) is 68.4 Å². The van der Waals surface area contributed by atoms with E-state index in [2.05, 4.69) is 15.6 Å². The zero-order valence-corrected chi connectivity index (χ0v) is 27.5. The summed E-state index contributed by atoms with van der Waals surface area (Å²) in [6.45, 7) is 3.63. The van der Waals surface area contributed by atoms with Gasteiger partial charge in [-0.05, 0) is 53.3 Å². The molecule has 47 heavy (non-hydrogen) atoms. The van der Waals surface area contributed by atoms with E-state index in [-0.39, 0.29) is 30.5 Å². The van der Waals surface area contributed by atoms with E-state index in [0.29, 0.717) is 24.3 Å². The molecule has 5 rings (SSSR count). The fraction of sp³-hybridized carbons (Fsp3) is 0.382. The molecule has 4 aromatic rings. The van der Waals surface area contributed by atoms with E-state index in [0.717, 1.165) is 16.7 Å². The van der Waals surface area contributed by atoms with Crippen molar-refractivity contribution in [3.63, 3.8) is 0 Å². The second-order valence-corrected chi connectivity index (χ2v) is 14.0. The molecule has 250 valence electrons. The third kappa shape index (κ3) is 8.35. The van der Waals surface area contributed by atoms with Crippen LogP contribution in [0.5, 0.6) is 5.75 Å². The highest BCUT2D eigenvalue weighted by Crippen LogP contribution is 2.31. The molecule has 0 fully saturated rings. The number of sulfonamides is 1. The van der Waals surface area contributed by atoms with Crippen LogP contribution in [0.3, 0.4) is 0 Å². The first-order valence-corrected chi connectivity index (χ1v) is 16.9. The third-order valence-electron chi connectivity index (χ3n) is 8.11. The second kappa shape index (κ2) is 15.1. The largest absolute Gasteiger partial charge is 0.497 e. The van der Waals surface area contributed by atoms with Crippen molar-refractivity contribution in [2.75, 3.05) is 20.2 Å². The minimum atomic E-state index is -3.96. The molecule has 0 saturated carbocycles. The van der Waals surface area contributed by atoms with Crippen molar-refractivity contribution >= 4 is 16.1 Å². The van der Waals surface area contributed by atoms with E-state index >= 15 is 0 Å². The zero-order chi connectivity index (χ0) is 33.6. The van der Waals surface area contributed by atoms with Gasteiger partial charge >= 0.3 is 6.09 Å². The summed E-state index contributed by atoms with van der Waals surface area (Å²) in [5.74, 6) is 0.523. The average Bonchev–Trinajstić information content (AvgIpc) is 3.66. The summed E-state index contributed by atoms with van der Waals surface area (Å²) in [6, 6.07) is 21.9. The highest BCUT2D eigenvalue weighted by Gasteiger charge is 2.34. The molecule has 1 aliphatic rings. The molecule has 12 nitrogen and oxygen atoms in total. The molecule has 0 unspecified atom stereocenters. The Morgan fingerprint density at radius 3 is 2.45 bits per heavy atom. The third-order valence-corrected chi connectivity index (χ3v) is 9.96. The number of alkyl carbamates (subject to hydrolysis) is 1. The summed E-state index contributed by atoms with van der Waals surface area (Å²) < 4.78 is 40.9. The first-order valence-electron chi connectivity index (χ1n) is 15.5. The summed E-state index contributed by atoms with van der Waals surface area (Å²) in [7, 11) is -2.45. The molecule has 0 spiro atoms. The lowest BCUT2D eigenvalue weighted by Gasteiger charge is -2.30. The number of fused-ring (bicyclic) bond motifs is 1. The maximum Gasteiger partial charge on any atom is 0.408 e. The number of nitrogens with one attached hydrogen (secondary N) is 1. The minimum absolute atomic E-state index is 0.0112. The number of ether oxygens (including phenoxy) is 2. The van der Waals surface area contributed by atoms with Crippen molar-refractivity contribution in [3.05, 3.63) is 107 Å². The summed E-state index contributed by atoms with van der Waals surface area (Å²) in [4.78, 5) is 12.8. The Kier molecular flexibility index (Phi) is 10.9. The van der Waals surface area contributed by atoms with Gasteiger partial charge in [-0.3, -0.25) is 0 Å². The SMILES string of the molecule is COc1ccc(S(=O)(=O)N(CC(C)C)C[C@H](O)[C@@H](Cc2ccccc2)n2cc(COC(=O)N[C@H]3c4ccccc4C[C@H]3O)nn2)cc1. The van der Waals surface area contributed by atoms with Crippen LogP contribution < -0.4 is 10.1 Å². The van der Waals surface area contributed by atoms with Crippen LogP contribution in [0.1, 0.15) is 48.3 Å². The molecule has 1 aliphatic carbocycles. The number of rotatable bonds is 14. The van der Waals surface area contributed by atoms with Gasteiger partial charge in [0.15, 0.2) is 0 Å². The van der Waals surface area contributed by atoms with E-state index in [1.165, 1.54) is 28.2 Å². The van der Waals surface area contributed by atoms with Crippen LogP contribution in [-0.4, -0.2) is 76.4 Å². The van der Waals surface area contributed by atoms with Crippen LogP contribution in [0.25, 0.3) is 0 Å². The molecule has 0 radical (unpaired) electrons. The molecular weight excluding hydrogens is 622 g/mol. The number of benzene rings is 3. The predicted molar refractivity (Wildman–Crippen MR) is 174 cm³/mol. The smallest absolute Gasteiger partial charge is 0.408 e. The second-order valence-electron chi connectivity index (χ2n) is 12.1. The van der Waals surface area contributed by atoms with Crippen LogP contribution in [-0.2, 0) is 34.2 Å². The molecule has 3 N–H and O–H groups in total. The summed E-state index contributed by atoms with van der Waals surface area (Å²) in [5, 5.41) is 33.2. The van der Waals surface area contributed by atoms with Gasteiger partial charge in [0, 0.05) is 19.5 Å². The molecule has 0 bridgehead atoms. The predicted octanol–water partition coefficient (Wildman–Crippen LogP) is 3.66. The van der Waals surface area contributed by atoms with Crippen molar-refractivity contribution in [3.8, 4) is 5.75 Å². The zero-order valence-electron chi connectivity index (χ0n) is 26.6. The maximum atomic E-state index is 13.8. The molecule has 1 aromatic heterocycles. The highest BCUT2D eigenvalue weighted by molar-refractivity contribution is 7.89. The molecule has 4 atom stereocenters. The number of nitrogens with zero attached hydrogens (tertiary/aromatic N) is 4. The number of methoxy groups -OCH3 is 1. The minimum Gasteiger partial charge on any atom is -0.497 e. The Balaban J connectivity index is 1.31. The van der Waals surface area contributed by atoms with Crippen LogP contribution in [0.15, 0.2) is 90.0 Å². The Hall–Kier alpha value is -4.30. The quantitative estimate of drug-likeness (QED) is 0.183. The Morgan fingerprint density at radius 2 is 1.74 bits per heavy atom. The van der Waals surface area contributed by atoms with Gasteiger partial charge in [-0.1, -0.05) is 73.7 Å². The Labute approximate surface area is 275 Å². The first-order chi connectivity index (χ1) is 22.5. The monoisotopic (exact) mass is 663 g/mol. The van der Waals surface area contributed by atoms with Gasteiger partial charge in [-0.15, -0.1) is 5.10 Å². The molecule has 1 heterocycles. The standard InChI is InChI=1S/C34H41N5O7S/c1-23(2)19-38(47(43,44)28-15-13-27(45-3)14-16-28)21-32(41)30(17-24-9-5-4-6-10-24)39-20-26(36-37-39)22-46-34(42)35-33-29-12-8-7-11-25(29)18-31(33)40/h4-16,20,23,30-33,40-41H,17-19,21-22H2,1-3H3,(H,35,42)/t30-,31-,32+,33+/m1/s1. The number of aromatic nitrogens is 3. The van der Waals surface area contributed by atoms with E-state index < -0.39 is 40.4 Å². The molecule has 0 saturated heterocycles. The lowest BCUT2D eigenvalue weighted by Crippen LogP contribution is -2.43. The number of carbonyl (C=O) groups is 1. The first kappa shape index (κ1) is 34.0.